The highest BCUT2D eigenvalue weighted by atomic mass is 16.1. The van der Waals surface area contributed by atoms with E-state index >= 15 is 0 Å². The van der Waals surface area contributed by atoms with E-state index in [1.807, 2.05) is 41.0 Å². The fourth-order valence-electron chi connectivity index (χ4n) is 5.86. The van der Waals surface area contributed by atoms with E-state index in [4.69, 9.17) is 15.0 Å². The first-order valence-corrected chi connectivity index (χ1v) is 15.4. The summed E-state index contributed by atoms with van der Waals surface area (Å²) in [5, 5.41) is 3.61. The Labute approximate surface area is 255 Å². The van der Waals surface area contributed by atoms with E-state index in [-0.39, 0.29) is 13.0 Å². The van der Waals surface area contributed by atoms with E-state index in [0.717, 1.165) is 96.0 Å². The molecule has 0 atom stereocenters. The molecular weight excluding hydrogens is 538 g/mol. The molecule has 0 spiro atoms. The summed E-state index contributed by atoms with van der Waals surface area (Å²) in [6, 6.07) is 10.0. The number of nitrogens with zero attached hydrogens (tertiary/aromatic N) is 8. The van der Waals surface area contributed by atoms with Gasteiger partial charge in [0.1, 0.15) is 11.2 Å². The van der Waals surface area contributed by atoms with Crippen molar-refractivity contribution in [1.82, 2.24) is 39.1 Å². The maximum Gasteiger partial charge on any atom is 0.278 e. The van der Waals surface area contributed by atoms with Crippen LogP contribution in [-0.4, -0.2) is 125 Å². The minimum Gasteiger partial charge on any atom is -0.367 e. The molecule has 3 aliphatic rings. The lowest BCUT2D eigenvalue weighted by atomic mass is 10.0. The molecule has 6 rings (SSSR count). The summed E-state index contributed by atoms with van der Waals surface area (Å²) >= 11 is 0. The van der Waals surface area contributed by atoms with Gasteiger partial charge in [0.15, 0.2) is 17.3 Å². The van der Waals surface area contributed by atoms with Crippen molar-refractivity contribution in [1.29, 1.82) is 0 Å². The van der Waals surface area contributed by atoms with Gasteiger partial charge in [-0.1, -0.05) is 56.0 Å². The van der Waals surface area contributed by atoms with Gasteiger partial charge in [0.2, 0.25) is 0 Å². The number of anilines is 1. The zero-order chi connectivity index (χ0) is 28.9. The van der Waals surface area contributed by atoms with Crippen LogP contribution in [0.1, 0.15) is 26.0 Å². The van der Waals surface area contributed by atoms with Gasteiger partial charge in [0, 0.05) is 89.7 Å². The average molecular weight is 586 g/mol. The summed E-state index contributed by atoms with van der Waals surface area (Å²) in [5.41, 5.74) is 3.44. The highest BCUT2D eigenvalue weighted by molar-refractivity contribution is 5.87. The number of benzene rings is 1. The quantitative estimate of drug-likeness (QED) is 0.407. The number of fused-ring (bicyclic) bond motifs is 1. The molecule has 1 aliphatic carbocycles. The maximum atomic E-state index is 14.1. The SMILES string of the molecule is C.CN1CCN(CCNc2nc(-c3ccccc3)nc3c2nc(C2=CCCC=C2)c(=O)n3CCN2CCN(C)CC2)CC1. The minimum atomic E-state index is -0.0875. The number of allylic oxidation sites excluding steroid dienone is 4. The van der Waals surface area contributed by atoms with Gasteiger partial charge < -0.3 is 15.1 Å². The van der Waals surface area contributed by atoms with Crippen LogP contribution in [0.3, 0.4) is 0 Å². The molecule has 230 valence electrons. The molecule has 0 bridgehead atoms. The van der Waals surface area contributed by atoms with Crippen LogP contribution in [0.2, 0.25) is 0 Å². The predicted octanol–water partition coefficient (Wildman–Crippen LogP) is 3.13. The highest BCUT2D eigenvalue weighted by Crippen LogP contribution is 2.26. The number of hydrogen-bond acceptors (Lipinski definition) is 9. The normalized spacial score (nSPS) is 18.9. The first-order chi connectivity index (χ1) is 20.5. The Bertz CT molecular complexity index is 1480. The van der Waals surface area contributed by atoms with Gasteiger partial charge in [0.05, 0.1) is 0 Å². The summed E-state index contributed by atoms with van der Waals surface area (Å²) in [6.45, 7) is 11.4. The molecule has 2 aromatic heterocycles. The van der Waals surface area contributed by atoms with Crippen LogP contribution >= 0.6 is 0 Å². The first-order valence-electron chi connectivity index (χ1n) is 15.4. The van der Waals surface area contributed by atoms with Crippen molar-refractivity contribution in [2.75, 3.05) is 91.4 Å². The van der Waals surface area contributed by atoms with Crippen LogP contribution in [0.25, 0.3) is 28.1 Å². The molecule has 0 radical (unpaired) electrons. The molecule has 1 aromatic carbocycles. The van der Waals surface area contributed by atoms with Gasteiger partial charge in [-0.25, -0.2) is 15.0 Å². The van der Waals surface area contributed by atoms with Crippen molar-refractivity contribution in [3.8, 4) is 11.4 Å². The van der Waals surface area contributed by atoms with Gasteiger partial charge in [0.25, 0.3) is 5.56 Å². The van der Waals surface area contributed by atoms with Crippen LogP contribution in [0, 0.1) is 0 Å². The number of aromatic nitrogens is 4. The zero-order valence-electron chi connectivity index (χ0n) is 25.0. The molecule has 10 nitrogen and oxygen atoms in total. The molecule has 0 unspecified atom stereocenters. The number of piperazine rings is 2. The van der Waals surface area contributed by atoms with Crippen molar-refractivity contribution >= 4 is 22.6 Å². The molecule has 0 saturated carbocycles. The fourth-order valence-corrected chi connectivity index (χ4v) is 5.86. The molecule has 2 saturated heterocycles. The molecule has 4 heterocycles. The Morgan fingerprint density at radius 3 is 2.12 bits per heavy atom. The van der Waals surface area contributed by atoms with Crippen molar-refractivity contribution in [2.45, 2.75) is 26.8 Å². The summed E-state index contributed by atoms with van der Waals surface area (Å²) in [7, 11) is 4.34. The third-order valence-corrected chi connectivity index (χ3v) is 8.65. The summed E-state index contributed by atoms with van der Waals surface area (Å²) in [4.78, 5) is 38.8. The molecule has 3 aromatic rings. The smallest absolute Gasteiger partial charge is 0.278 e. The largest absolute Gasteiger partial charge is 0.367 e. The van der Waals surface area contributed by atoms with Crippen molar-refractivity contribution < 1.29 is 0 Å². The van der Waals surface area contributed by atoms with Crippen LogP contribution in [0.15, 0.2) is 53.4 Å². The monoisotopic (exact) mass is 585 g/mol. The molecular formula is C33H47N9O. The Balaban J connectivity index is 0.00000368. The van der Waals surface area contributed by atoms with Gasteiger partial charge in [-0.05, 0) is 26.9 Å². The summed E-state index contributed by atoms with van der Waals surface area (Å²) in [6.07, 6.45) is 8.17. The maximum absolute atomic E-state index is 14.1. The second kappa shape index (κ2) is 14.4. The van der Waals surface area contributed by atoms with Gasteiger partial charge in [-0.15, -0.1) is 0 Å². The summed E-state index contributed by atoms with van der Waals surface area (Å²) < 4.78 is 1.85. The Morgan fingerprint density at radius 1 is 0.791 bits per heavy atom. The molecule has 10 heteroatoms. The van der Waals surface area contributed by atoms with Crippen molar-refractivity contribution in [2.24, 2.45) is 0 Å². The third kappa shape index (κ3) is 7.38. The Hall–Kier alpha value is -3.44. The average Bonchev–Trinajstić information content (AvgIpc) is 3.03. The minimum absolute atomic E-state index is 0. The number of hydrogen-bond donors (Lipinski definition) is 1. The topological polar surface area (TPSA) is 85.7 Å². The number of rotatable bonds is 9. The van der Waals surface area contributed by atoms with Crippen LogP contribution < -0.4 is 10.9 Å². The van der Waals surface area contributed by atoms with E-state index < -0.39 is 0 Å². The zero-order valence-corrected chi connectivity index (χ0v) is 25.0. The standard InChI is InChI=1S/C32H43N9O.CH4/c1-37-15-19-39(20-16-37)14-13-33-30-28-31(36-29(35-30)26-11-7-4-8-12-26)41(24-23-40-21-17-38(2)18-22-40)32(42)27(34-28)25-9-5-3-6-10-25;/h4-5,7-12H,3,6,13-24H2,1-2H3,(H,33,35,36);1H4. The van der Waals surface area contributed by atoms with E-state index in [1.165, 1.54) is 0 Å². The third-order valence-electron chi connectivity index (χ3n) is 8.65. The second-order valence-electron chi connectivity index (χ2n) is 11.7. The van der Waals surface area contributed by atoms with E-state index in [2.05, 4.69) is 51.2 Å². The highest BCUT2D eigenvalue weighted by Gasteiger charge is 2.22. The number of nitrogens with one attached hydrogen (secondary N) is 1. The van der Waals surface area contributed by atoms with Gasteiger partial charge >= 0.3 is 0 Å². The van der Waals surface area contributed by atoms with E-state index in [9.17, 15) is 4.79 Å². The lowest BCUT2D eigenvalue weighted by Crippen LogP contribution is -2.46. The van der Waals surface area contributed by atoms with Crippen LogP contribution in [0.4, 0.5) is 5.82 Å². The predicted molar refractivity (Wildman–Crippen MR) is 176 cm³/mol. The molecule has 43 heavy (non-hydrogen) atoms. The fraction of sp³-hybridized carbons (Fsp3) is 0.515. The lowest BCUT2D eigenvalue weighted by molar-refractivity contribution is 0.150. The first kappa shape index (κ1) is 31.0. The number of likely N-dealkylation sites (N-methyl/N-ethyl adjacent to an activating group) is 2. The summed E-state index contributed by atoms with van der Waals surface area (Å²) in [5.74, 6) is 1.28. The lowest BCUT2D eigenvalue weighted by Gasteiger charge is -2.32. The Kier molecular flexibility index (Phi) is 10.3. The molecule has 1 N–H and O–H groups in total. The second-order valence-corrected chi connectivity index (χ2v) is 11.7. The van der Waals surface area contributed by atoms with Crippen LogP contribution in [-0.2, 0) is 6.54 Å². The van der Waals surface area contributed by atoms with E-state index in [0.29, 0.717) is 35.0 Å². The van der Waals surface area contributed by atoms with Gasteiger partial charge in [-0.2, -0.15) is 0 Å². The Morgan fingerprint density at radius 2 is 1.47 bits per heavy atom. The van der Waals surface area contributed by atoms with E-state index in [1.54, 1.807) is 0 Å². The van der Waals surface area contributed by atoms with Crippen LogP contribution in [0.5, 0.6) is 0 Å². The molecule has 0 amide bonds. The molecule has 2 aliphatic heterocycles. The van der Waals surface area contributed by atoms with Crippen molar-refractivity contribution in [3.63, 3.8) is 0 Å². The van der Waals surface area contributed by atoms with Crippen molar-refractivity contribution in [3.05, 3.63) is 64.6 Å². The van der Waals surface area contributed by atoms with Gasteiger partial charge in [-0.3, -0.25) is 19.2 Å². The molecule has 2 fully saturated rings.